The third kappa shape index (κ3) is 4.80. The van der Waals surface area contributed by atoms with E-state index in [0.717, 1.165) is 28.1 Å². The van der Waals surface area contributed by atoms with E-state index in [9.17, 15) is 18.0 Å². The predicted molar refractivity (Wildman–Crippen MR) is 118 cm³/mol. The maximum absolute atomic E-state index is 12.8. The number of rotatable bonds is 7. The van der Waals surface area contributed by atoms with Crippen molar-refractivity contribution in [3.05, 3.63) is 64.8 Å². The van der Waals surface area contributed by atoms with Gasteiger partial charge in [0.25, 0.3) is 0 Å². The van der Waals surface area contributed by atoms with E-state index in [0.29, 0.717) is 27.6 Å². The highest BCUT2D eigenvalue weighted by atomic mass is 32.1. The lowest BCUT2D eigenvalue weighted by Crippen LogP contribution is -2.07. The molecule has 2 heterocycles. The number of halogens is 3. The summed E-state index contributed by atoms with van der Waals surface area (Å²) in [6.07, 6.45) is -2.70. The molecule has 0 aliphatic carbocycles. The van der Waals surface area contributed by atoms with Crippen molar-refractivity contribution in [2.45, 2.75) is 26.3 Å². The molecule has 0 saturated carbocycles. The van der Waals surface area contributed by atoms with Crippen molar-refractivity contribution in [3.63, 3.8) is 0 Å². The average Bonchev–Trinajstić information content (AvgIpc) is 3.33. The number of hydrogen-bond donors (Lipinski definition) is 1. The van der Waals surface area contributed by atoms with Crippen LogP contribution in [0.3, 0.4) is 0 Å². The quantitative estimate of drug-likeness (QED) is 0.367. The SMILES string of the molecule is COc1cc2c(ccn2CC(=O)O)cc1OCc1sc(-c2ccc(C(F)(F)F)cc2)nc1C. The maximum Gasteiger partial charge on any atom is 0.416 e. The van der Waals surface area contributed by atoms with Crippen molar-refractivity contribution < 1.29 is 32.5 Å². The van der Waals surface area contributed by atoms with Gasteiger partial charge in [0.2, 0.25) is 0 Å². The Labute approximate surface area is 190 Å². The second kappa shape index (κ2) is 8.78. The average molecular weight is 476 g/mol. The largest absolute Gasteiger partial charge is 0.493 e. The topological polar surface area (TPSA) is 73.6 Å². The van der Waals surface area contributed by atoms with Gasteiger partial charge >= 0.3 is 12.1 Å². The number of thiazole rings is 1. The first-order chi connectivity index (χ1) is 15.7. The van der Waals surface area contributed by atoms with Crippen molar-refractivity contribution in [3.8, 4) is 22.1 Å². The number of aromatic nitrogens is 2. The Bertz CT molecular complexity index is 1310. The Morgan fingerprint density at radius 1 is 1.15 bits per heavy atom. The van der Waals surface area contributed by atoms with Crippen LogP contribution in [0.15, 0.2) is 48.7 Å². The van der Waals surface area contributed by atoms with Gasteiger partial charge < -0.3 is 19.1 Å². The fourth-order valence-corrected chi connectivity index (χ4v) is 4.37. The Morgan fingerprint density at radius 2 is 1.88 bits per heavy atom. The molecular formula is C23H19F3N2O4S. The van der Waals surface area contributed by atoms with Crippen molar-refractivity contribution >= 4 is 28.2 Å². The zero-order valence-corrected chi connectivity index (χ0v) is 18.5. The van der Waals surface area contributed by atoms with E-state index in [1.807, 2.05) is 6.92 Å². The van der Waals surface area contributed by atoms with Crippen LogP contribution in [0.1, 0.15) is 16.1 Å². The fraction of sp³-hybridized carbons (Fsp3) is 0.217. The number of aliphatic carboxylic acids is 1. The number of fused-ring (bicyclic) bond motifs is 1. The molecule has 0 radical (unpaired) electrons. The molecule has 6 nitrogen and oxygen atoms in total. The van der Waals surface area contributed by atoms with Gasteiger partial charge in [0.1, 0.15) is 18.2 Å². The fourth-order valence-electron chi connectivity index (χ4n) is 3.38. The normalized spacial score (nSPS) is 11.7. The van der Waals surface area contributed by atoms with E-state index < -0.39 is 17.7 Å². The summed E-state index contributed by atoms with van der Waals surface area (Å²) in [5, 5.41) is 10.5. The number of carboxylic acid groups (broad SMARTS) is 1. The number of hydrogen-bond acceptors (Lipinski definition) is 5. The molecular weight excluding hydrogens is 457 g/mol. The first kappa shape index (κ1) is 22.7. The number of carboxylic acids is 1. The van der Waals surface area contributed by atoms with Crippen molar-refractivity contribution in [2.75, 3.05) is 7.11 Å². The molecule has 33 heavy (non-hydrogen) atoms. The number of methoxy groups -OCH3 is 1. The van der Waals surface area contributed by atoms with Gasteiger partial charge in [-0.05, 0) is 31.2 Å². The Hall–Kier alpha value is -3.53. The molecule has 2 aromatic heterocycles. The third-order valence-corrected chi connectivity index (χ3v) is 6.25. The van der Waals surface area contributed by atoms with E-state index in [4.69, 9.17) is 14.6 Å². The van der Waals surface area contributed by atoms with Gasteiger partial charge in [-0.25, -0.2) is 4.98 Å². The van der Waals surface area contributed by atoms with Crippen LogP contribution < -0.4 is 9.47 Å². The lowest BCUT2D eigenvalue weighted by molar-refractivity contribution is -0.138. The van der Waals surface area contributed by atoms with E-state index >= 15 is 0 Å². The van der Waals surface area contributed by atoms with Crippen LogP contribution in [0.2, 0.25) is 0 Å². The zero-order valence-electron chi connectivity index (χ0n) is 17.6. The first-order valence-corrected chi connectivity index (χ1v) is 10.6. The molecule has 0 aliphatic rings. The van der Waals surface area contributed by atoms with Gasteiger partial charge in [0.05, 0.1) is 28.8 Å². The van der Waals surface area contributed by atoms with E-state index in [-0.39, 0.29) is 13.2 Å². The minimum Gasteiger partial charge on any atom is -0.493 e. The molecule has 0 unspecified atom stereocenters. The minimum absolute atomic E-state index is 0.167. The highest BCUT2D eigenvalue weighted by Crippen LogP contribution is 2.36. The van der Waals surface area contributed by atoms with Crippen LogP contribution in [-0.4, -0.2) is 27.7 Å². The molecule has 2 aromatic carbocycles. The molecule has 1 N–H and O–H groups in total. The summed E-state index contributed by atoms with van der Waals surface area (Å²) in [5.41, 5.74) is 1.33. The maximum atomic E-state index is 12.8. The van der Waals surface area contributed by atoms with Crippen molar-refractivity contribution in [2.24, 2.45) is 0 Å². The van der Waals surface area contributed by atoms with Gasteiger partial charge in [-0.1, -0.05) is 12.1 Å². The molecule has 4 rings (SSSR count). The molecule has 10 heteroatoms. The summed E-state index contributed by atoms with van der Waals surface area (Å²) in [5.74, 6) is -0.00348. The van der Waals surface area contributed by atoms with Gasteiger partial charge in [-0.3, -0.25) is 4.79 Å². The summed E-state index contributed by atoms with van der Waals surface area (Å²) >= 11 is 1.35. The number of ether oxygens (including phenoxy) is 2. The predicted octanol–water partition coefficient (Wildman–Crippen LogP) is 5.76. The van der Waals surface area contributed by atoms with E-state index in [1.54, 1.807) is 29.0 Å². The molecule has 0 amide bonds. The van der Waals surface area contributed by atoms with Gasteiger partial charge in [0.15, 0.2) is 11.5 Å². The number of aryl methyl sites for hydroxylation is 1. The molecule has 0 spiro atoms. The Balaban J connectivity index is 1.55. The first-order valence-electron chi connectivity index (χ1n) is 9.81. The highest BCUT2D eigenvalue weighted by molar-refractivity contribution is 7.15. The Kier molecular flexibility index (Phi) is 6.03. The van der Waals surface area contributed by atoms with E-state index in [1.165, 1.54) is 30.6 Å². The molecule has 0 atom stereocenters. The number of benzene rings is 2. The molecule has 172 valence electrons. The van der Waals surface area contributed by atoms with Crippen LogP contribution in [-0.2, 0) is 24.1 Å². The zero-order chi connectivity index (χ0) is 23.8. The smallest absolute Gasteiger partial charge is 0.416 e. The van der Waals surface area contributed by atoms with Gasteiger partial charge in [0, 0.05) is 23.2 Å². The summed E-state index contributed by atoms with van der Waals surface area (Å²) in [6.45, 7) is 1.84. The van der Waals surface area contributed by atoms with Crippen LogP contribution >= 0.6 is 11.3 Å². The molecule has 0 fully saturated rings. The molecule has 0 aliphatic heterocycles. The van der Waals surface area contributed by atoms with Crippen molar-refractivity contribution in [1.82, 2.24) is 9.55 Å². The molecule has 0 bridgehead atoms. The summed E-state index contributed by atoms with van der Waals surface area (Å²) in [7, 11) is 1.50. The second-order valence-corrected chi connectivity index (χ2v) is 8.37. The van der Waals surface area contributed by atoms with Gasteiger partial charge in [-0.15, -0.1) is 11.3 Å². The van der Waals surface area contributed by atoms with Crippen molar-refractivity contribution in [1.29, 1.82) is 0 Å². The van der Waals surface area contributed by atoms with Crippen LogP contribution in [0.4, 0.5) is 13.2 Å². The number of carbonyl (C=O) groups is 1. The number of alkyl halides is 3. The highest BCUT2D eigenvalue weighted by Gasteiger charge is 2.30. The summed E-state index contributed by atoms with van der Waals surface area (Å²) in [6, 6.07) is 10.2. The third-order valence-electron chi connectivity index (χ3n) is 5.07. The minimum atomic E-state index is -4.38. The summed E-state index contributed by atoms with van der Waals surface area (Å²) in [4.78, 5) is 16.4. The standard InChI is InChI=1S/C23H19F3N2O4S/c1-13-20(33-22(27-13)14-3-5-16(6-4-14)23(24,25)26)12-32-19-9-15-7-8-28(11-21(29)30)17(15)10-18(19)31-2/h3-10H,11-12H2,1-2H3,(H,29,30). The van der Waals surface area contributed by atoms with Gasteiger partial charge in [-0.2, -0.15) is 13.2 Å². The lowest BCUT2D eigenvalue weighted by atomic mass is 10.1. The van der Waals surface area contributed by atoms with Crippen LogP contribution in [0, 0.1) is 6.92 Å². The molecule has 4 aromatic rings. The second-order valence-electron chi connectivity index (χ2n) is 7.29. The monoisotopic (exact) mass is 476 g/mol. The summed E-state index contributed by atoms with van der Waals surface area (Å²) < 4.78 is 51.4. The lowest BCUT2D eigenvalue weighted by Gasteiger charge is -2.11. The van der Waals surface area contributed by atoms with E-state index in [2.05, 4.69) is 4.98 Å². The van der Waals surface area contributed by atoms with Crippen LogP contribution in [0.5, 0.6) is 11.5 Å². The molecule has 0 saturated heterocycles. The number of nitrogens with zero attached hydrogens (tertiary/aromatic N) is 2. The van der Waals surface area contributed by atoms with Crippen LogP contribution in [0.25, 0.3) is 21.5 Å². The Morgan fingerprint density at radius 3 is 2.52 bits per heavy atom.